The van der Waals surface area contributed by atoms with Crippen LogP contribution in [0.4, 0.5) is 0 Å². The van der Waals surface area contributed by atoms with Crippen LogP contribution in [-0.4, -0.2) is 27.8 Å². The molecule has 1 heterocycles. The molecule has 0 bridgehead atoms. The van der Waals surface area contributed by atoms with Crippen LogP contribution in [0.1, 0.15) is 396 Å². The van der Waals surface area contributed by atoms with Crippen LogP contribution in [0.3, 0.4) is 0 Å². The Morgan fingerprint density at radius 3 is 0.797 bits per heavy atom. The van der Waals surface area contributed by atoms with E-state index in [2.05, 4.69) is 41.5 Å². The molecule has 0 radical (unpaired) electrons. The van der Waals surface area contributed by atoms with E-state index in [-0.39, 0.29) is 23.1 Å². The molecule has 444 valence electrons. The van der Waals surface area contributed by atoms with E-state index < -0.39 is 0 Å². The summed E-state index contributed by atoms with van der Waals surface area (Å²) in [5, 5.41) is 0. The first kappa shape index (κ1) is 69.5. The van der Waals surface area contributed by atoms with Crippen molar-refractivity contribution in [2.45, 2.75) is 343 Å². The normalized spacial score (nSPS) is 12.7. The predicted octanol–water partition coefficient (Wildman–Crippen LogP) is 24.0. The summed E-state index contributed by atoms with van der Waals surface area (Å²) in [5.74, 6) is 0.0768. The second-order valence-corrected chi connectivity index (χ2v) is 24.1. The lowest BCUT2D eigenvalue weighted by Gasteiger charge is -2.15. The Balaban J connectivity index is 2.03. The van der Waals surface area contributed by atoms with E-state index in [9.17, 15) is 24.7 Å². The summed E-state index contributed by atoms with van der Waals surface area (Å²) >= 11 is 0. The minimum absolute atomic E-state index is 0.00700. The Morgan fingerprint density at radius 2 is 0.519 bits per heavy atom. The van der Waals surface area contributed by atoms with Gasteiger partial charge in [-0.15, -0.1) is 0 Å². The Labute approximate surface area is 485 Å². The minimum Gasteiger partial charge on any atom is -0.493 e. The average Bonchev–Trinajstić information content (AvgIpc) is 3.95. The lowest BCUT2D eigenvalue weighted by molar-refractivity contribution is -0.345. The molecule has 79 heavy (non-hydrogen) atoms. The molecule has 1 aliphatic heterocycles. The van der Waals surface area contributed by atoms with Crippen molar-refractivity contribution in [3.63, 3.8) is 0 Å². The second kappa shape index (κ2) is 44.8. The highest BCUT2D eigenvalue weighted by molar-refractivity contribution is 6.10. The fourth-order valence-electron chi connectivity index (χ4n) is 11.9. The number of ketones is 4. The fourth-order valence-corrected chi connectivity index (χ4v) is 11.9. The van der Waals surface area contributed by atoms with E-state index in [1.165, 1.54) is 159 Å². The number of unbranched alkanes of at least 4 members (excludes halogenated alkanes) is 35. The number of carbonyl (C=O) groups is 4. The van der Waals surface area contributed by atoms with E-state index in [0.29, 0.717) is 59.3 Å². The number of hydrogen-bond acceptors (Lipinski definition) is 4. The first-order chi connectivity index (χ1) is 38.7. The molecule has 1 aliphatic rings. The standard InChI is InChI=1S/C73H118N2O4/c1-7-13-19-23-27-31-35-39-44-50-68(76)62-56-54-60(58-66(62)70(78)52-46-41-37-33-29-25-21-15-9-3)72-64(48-18-12-6)65(49-43-17-11-5)73(75(72)74)61-55-57-63(69(77)51-45-40-36-32-28-24-20-14-8-2)67(59-61)71(79)53-47-42-38-34-30-26-22-16-10-4/h54-59H,7-53H2,1-6H3. The molecule has 0 saturated heterocycles. The number of benzene rings is 2. The van der Waals surface area contributed by atoms with Crippen molar-refractivity contribution in [2.75, 3.05) is 0 Å². The smallest absolute Gasteiger partial charge is 0.211 e. The Hall–Kier alpha value is -3.80. The van der Waals surface area contributed by atoms with Gasteiger partial charge in [-0.25, -0.2) is 4.70 Å². The molecule has 6 heteroatoms. The molecular weight excluding hydrogens is 969 g/mol. The average molecular weight is 1090 g/mol. The van der Waals surface area contributed by atoms with Crippen LogP contribution in [0.5, 0.6) is 0 Å². The SMILES string of the molecule is CCCCCCCCCCCC(=O)c1ccc(C2=C(CCCC)C(CCCCC)=C(c3ccc(C(=O)CCCCCCCCCCC)c(C(=O)CCCCCCCCCCC)c3)[N+]2=[N-])cc1C(=O)CCCCCCCCCCC. The van der Waals surface area contributed by atoms with Gasteiger partial charge in [0, 0.05) is 70.2 Å². The number of rotatable bonds is 53. The molecule has 0 aromatic heterocycles. The quantitative estimate of drug-likeness (QED) is 0.0375. The summed E-state index contributed by atoms with van der Waals surface area (Å²) in [6, 6.07) is 11.5. The maximum Gasteiger partial charge on any atom is 0.211 e. The third kappa shape index (κ3) is 27.2. The molecule has 0 amide bonds. The number of allylic oxidation sites excluding steroid dienone is 2. The van der Waals surface area contributed by atoms with E-state index in [1.54, 1.807) is 0 Å². The zero-order valence-electron chi connectivity index (χ0n) is 52.2. The van der Waals surface area contributed by atoms with Crippen molar-refractivity contribution < 1.29 is 23.9 Å². The van der Waals surface area contributed by atoms with Crippen LogP contribution < -0.4 is 0 Å². The largest absolute Gasteiger partial charge is 0.493 e. The summed E-state index contributed by atoms with van der Waals surface area (Å²) in [6.45, 7) is 13.4. The predicted molar refractivity (Wildman–Crippen MR) is 339 cm³/mol. The maximum absolute atomic E-state index is 14.5. The van der Waals surface area contributed by atoms with Crippen molar-refractivity contribution in [1.29, 1.82) is 0 Å². The van der Waals surface area contributed by atoms with E-state index >= 15 is 0 Å². The van der Waals surface area contributed by atoms with Crippen LogP contribution in [0.25, 0.3) is 16.9 Å². The van der Waals surface area contributed by atoms with Gasteiger partial charge < -0.3 is 5.53 Å². The molecule has 0 N–H and O–H groups in total. The summed E-state index contributed by atoms with van der Waals surface area (Å²) in [5.41, 5.74) is 19.8. The van der Waals surface area contributed by atoms with Crippen LogP contribution in [-0.2, 0) is 0 Å². The van der Waals surface area contributed by atoms with Gasteiger partial charge in [0.2, 0.25) is 11.4 Å². The minimum atomic E-state index is 0.00700. The first-order valence-electron chi connectivity index (χ1n) is 34.1. The van der Waals surface area contributed by atoms with Gasteiger partial charge >= 0.3 is 0 Å². The van der Waals surface area contributed by atoms with Crippen molar-refractivity contribution in [3.05, 3.63) is 86.5 Å². The molecule has 0 atom stereocenters. The third-order valence-electron chi connectivity index (χ3n) is 17.0. The van der Waals surface area contributed by atoms with Crippen molar-refractivity contribution in [1.82, 2.24) is 0 Å². The van der Waals surface area contributed by atoms with Crippen molar-refractivity contribution in [2.24, 2.45) is 0 Å². The molecule has 2 aromatic rings. The van der Waals surface area contributed by atoms with Crippen LogP contribution in [0.15, 0.2) is 47.5 Å². The van der Waals surface area contributed by atoms with Crippen LogP contribution in [0, 0.1) is 0 Å². The maximum atomic E-state index is 14.5. The monoisotopic (exact) mass is 1090 g/mol. The van der Waals surface area contributed by atoms with Gasteiger partial charge in [0.15, 0.2) is 23.1 Å². The second-order valence-electron chi connectivity index (χ2n) is 24.1. The van der Waals surface area contributed by atoms with Gasteiger partial charge in [0.25, 0.3) is 0 Å². The molecule has 0 fully saturated rings. The van der Waals surface area contributed by atoms with Gasteiger partial charge in [0.1, 0.15) is 0 Å². The number of carbonyl (C=O) groups excluding carboxylic acids is 4. The van der Waals surface area contributed by atoms with Crippen molar-refractivity contribution in [3.8, 4) is 0 Å². The molecule has 2 aromatic carbocycles. The summed E-state index contributed by atoms with van der Waals surface area (Å²) in [4.78, 5) is 57.5. The van der Waals surface area contributed by atoms with Gasteiger partial charge in [-0.1, -0.05) is 266 Å². The summed E-state index contributed by atoms with van der Waals surface area (Å²) in [6.07, 6.45) is 50.2. The van der Waals surface area contributed by atoms with E-state index in [1.807, 2.05) is 36.4 Å². The third-order valence-corrected chi connectivity index (χ3v) is 17.0. The summed E-state index contributed by atoms with van der Waals surface area (Å²) < 4.78 is 1.34. The van der Waals surface area contributed by atoms with Crippen molar-refractivity contribution >= 4 is 34.5 Å². The first-order valence-corrected chi connectivity index (χ1v) is 34.1. The summed E-state index contributed by atoms with van der Waals surface area (Å²) in [7, 11) is 0. The molecule has 3 rings (SSSR count). The highest BCUT2D eigenvalue weighted by atomic mass is 16.1. The van der Waals surface area contributed by atoms with Crippen LogP contribution >= 0.6 is 0 Å². The highest BCUT2D eigenvalue weighted by Gasteiger charge is 2.37. The molecular formula is C73H118N2O4. The lowest BCUT2D eigenvalue weighted by atomic mass is 9.88. The van der Waals surface area contributed by atoms with E-state index in [4.69, 9.17) is 0 Å². The fraction of sp³-hybridized carbons (Fsp3) is 0.726. The number of nitrogens with zero attached hydrogens (tertiary/aromatic N) is 2. The zero-order chi connectivity index (χ0) is 57.1. The molecule has 0 aliphatic carbocycles. The zero-order valence-corrected chi connectivity index (χ0v) is 52.2. The molecule has 0 spiro atoms. The molecule has 0 saturated carbocycles. The Morgan fingerprint density at radius 1 is 0.291 bits per heavy atom. The van der Waals surface area contributed by atoms with Gasteiger partial charge in [-0.3, -0.25) is 19.2 Å². The Kier molecular flexibility index (Phi) is 39.4. The topological polar surface area (TPSA) is 93.6 Å². The molecule has 6 nitrogen and oxygen atoms in total. The van der Waals surface area contributed by atoms with Gasteiger partial charge in [0.05, 0.1) is 0 Å². The van der Waals surface area contributed by atoms with Crippen LogP contribution in [0.2, 0.25) is 0 Å². The molecule has 0 unspecified atom stereocenters. The van der Waals surface area contributed by atoms with Gasteiger partial charge in [-0.2, -0.15) is 0 Å². The Bertz CT molecular complexity index is 2110. The lowest BCUT2D eigenvalue weighted by Crippen LogP contribution is -2.12. The number of Topliss-reactive ketones (excluding diaryl/α,β-unsaturated/α-hetero) is 4. The van der Waals surface area contributed by atoms with Gasteiger partial charge in [-0.05, 0) is 87.8 Å². The van der Waals surface area contributed by atoms with E-state index in [0.717, 1.165) is 144 Å². The number of hydrogen-bond donors (Lipinski definition) is 0. The highest BCUT2D eigenvalue weighted by Crippen LogP contribution is 2.45.